The molecule has 3 aliphatic rings. The largest absolute Gasteiger partial charge is 0.490 e. The van der Waals surface area contributed by atoms with E-state index < -0.39 is 0 Å². The summed E-state index contributed by atoms with van der Waals surface area (Å²) in [5, 5.41) is 9.02. The summed E-state index contributed by atoms with van der Waals surface area (Å²) < 4.78 is 6.33. The number of fused-ring (bicyclic) bond motifs is 1. The van der Waals surface area contributed by atoms with Crippen molar-refractivity contribution < 1.29 is 9.53 Å². The topological polar surface area (TPSA) is 56.6 Å². The van der Waals surface area contributed by atoms with Gasteiger partial charge in [-0.05, 0) is 80.1 Å². The number of aryl methyl sites for hydroxylation is 1. The second kappa shape index (κ2) is 8.12. The molecule has 0 unspecified atom stereocenters. The molecular weight excluding hydrogens is 374 g/mol. The minimum atomic E-state index is 0.0873. The van der Waals surface area contributed by atoms with Crippen LogP contribution in [0.3, 0.4) is 0 Å². The molecule has 2 fully saturated rings. The summed E-state index contributed by atoms with van der Waals surface area (Å²) in [7, 11) is 0. The van der Waals surface area contributed by atoms with Gasteiger partial charge >= 0.3 is 0 Å². The minimum Gasteiger partial charge on any atom is -0.490 e. The SMILES string of the molecule is N#Cc1ccc(N2C(=O)CCc3cc(OC4CCN(C5CCC5)CC4)ccc32)cc1. The van der Waals surface area contributed by atoms with Crippen LogP contribution in [-0.2, 0) is 11.2 Å². The van der Waals surface area contributed by atoms with Gasteiger partial charge in [0.2, 0.25) is 5.91 Å². The number of carbonyl (C=O) groups is 1. The van der Waals surface area contributed by atoms with Gasteiger partial charge in [0, 0.05) is 31.2 Å². The van der Waals surface area contributed by atoms with Gasteiger partial charge in [0.15, 0.2) is 0 Å². The average Bonchev–Trinajstić information content (AvgIpc) is 2.74. The van der Waals surface area contributed by atoms with E-state index in [1.165, 1.54) is 19.3 Å². The van der Waals surface area contributed by atoms with Crippen molar-refractivity contribution in [3.63, 3.8) is 0 Å². The first kappa shape index (κ1) is 19.1. The van der Waals surface area contributed by atoms with Crippen molar-refractivity contribution in [1.82, 2.24) is 4.90 Å². The molecule has 30 heavy (non-hydrogen) atoms. The number of likely N-dealkylation sites (tertiary alicyclic amines) is 1. The van der Waals surface area contributed by atoms with Crippen molar-refractivity contribution in [3.8, 4) is 11.8 Å². The summed E-state index contributed by atoms with van der Waals surface area (Å²) >= 11 is 0. The van der Waals surface area contributed by atoms with Gasteiger partial charge in [0.1, 0.15) is 11.9 Å². The first-order chi connectivity index (χ1) is 14.7. The predicted octanol–water partition coefficient (Wildman–Crippen LogP) is 4.56. The van der Waals surface area contributed by atoms with Crippen molar-refractivity contribution in [2.24, 2.45) is 0 Å². The number of carbonyl (C=O) groups excluding carboxylic acids is 1. The van der Waals surface area contributed by atoms with Crippen LogP contribution < -0.4 is 9.64 Å². The van der Waals surface area contributed by atoms with E-state index in [1.807, 2.05) is 24.3 Å². The van der Waals surface area contributed by atoms with Crippen LogP contribution >= 0.6 is 0 Å². The Kier molecular flexibility index (Phi) is 5.18. The Hall–Kier alpha value is -2.84. The smallest absolute Gasteiger partial charge is 0.231 e. The number of hydrogen-bond donors (Lipinski definition) is 0. The Balaban J connectivity index is 1.29. The highest BCUT2D eigenvalue weighted by Gasteiger charge is 2.30. The maximum Gasteiger partial charge on any atom is 0.231 e. The third-order valence-electron chi connectivity index (χ3n) is 6.77. The molecule has 0 aromatic heterocycles. The maximum atomic E-state index is 12.7. The first-order valence-electron chi connectivity index (χ1n) is 11.1. The molecule has 1 saturated heterocycles. The zero-order valence-electron chi connectivity index (χ0n) is 17.2. The van der Waals surface area contributed by atoms with Crippen LogP contribution in [0.2, 0.25) is 0 Å². The highest BCUT2D eigenvalue weighted by Crippen LogP contribution is 2.37. The molecule has 1 aliphatic carbocycles. The Morgan fingerprint density at radius 3 is 2.40 bits per heavy atom. The van der Waals surface area contributed by atoms with Crippen LogP contribution in [0.1, 0.15) is 49.7 Å². The minimum absolute atomic E-state index is 0.0873. The highest BCUT2D eigenvalue weighted by molar-refractivity contribution is 6.03. The summed E-state index contributed by atoms with van der Waals surface area (Å²) in [6, 6.07) is 16.2. The van der Waals surface area contributed by atoms with Gasteiger partial charge in [-0.25, -0.2) is 0 Å². The number of nitriles is 1. The Labute approximate surface area is 177 Å². The lowest BCUT2D eigenvalue weighted by Gasteiger charge is -2.41. The summed E-state index contributed by atoms with van der Waals surface area (Å²) in [5.41, 5.74) is 3.46. The van der Waals surface area contributed by atoms with Crippen molar-refractivity contribution >= 4 is 17.3 Å². The lowest BCUT2D eigenvalue weighted by Crippen LogP contribution is -2.46. The molecule has 0 N–H and O–H groups in total. The third-order valence-corrected chi connectivity index (χ3v) is 6.77. The number of anilines is 2. The fourth-order valence-corrected chi connectivity index (χ4v) is 4.81. The molecule has 154 valence electrons. The number of ether oxygens (including phenoxy) is 1. The van der Waals surface area contributed by atoms with Crippen molar-refractivity contribution in [1.29, 1.82) is 5.26 Å². The molecule has 2 aromatic rings. The Bertz CT molecular complexity index is 967. The van der Waals surface area contributed by atoms with Crippen LogP contribution in [0.4, 0.5) is 11.4 Å². The molecule has 5 nitrogen and oxygen atoms in total. The summed E-state index contributed by atoms with van der Waals surface area (Å²) in [5.74, 6) is 0.995. The third kappa shape index (κ3) is 3.68. The number of amides is 1. The number of nitrogens with zero attached hydrogens (tertiary/aromatic N) is 3. The van der Waals surface area contributed by atoms with Crippen molar-refractivity contribution in [3.05, 3.63) is 53.6 Å². The fraction of sp³-hybridized carbons (Fsp3) is 0.440. The van der Waals surface area contributed by atoms with E-state index in [0.29, 0.717) is 12.0 Å². The van der Waals surface area contributed by atoms with E-state index in [-0.39, 0.29) is 12.0 Å². The molecular formula is C25H27N3O2. The zero-order chi connectivity index (χ0) is 20.5. The van der Waals surface area contributed by atoms with Crippen LogP contribution in [0, 0.1) is 11.3 Å². The molecule has 2 aromatic carbocycles. The van der Waals surface area contributed by atoms with E-state index in [1.54, 1.807) is 17.0 Å². The van der Waals surface area contributed by atoms with E-state index in [9.17, 15) is 4.79 Å². The molecule has 0 atom stereocenters. The molecule has 0 radical (unpaired) electrons. The molecule has 1 saturated carbocycles. The zero-order valence-corrected chi connectivity index (χ0v) is 17.2. The van der Waals surface area contributed by atoms with Gasteiger partial charge in [-0.15, -0.1) is 0 Å². The van der Waals surface area contributed by atoms with E-state index in [2.05, 4.69) is 17.0 Å². The quantitative estimate of drug-likeness (QED) is 0.753. The number of benzene rings is 2. The molecule has 0 bridgehead atoms. The van der Waals surface area contributed by atoms with Gasteiger partial charge in [-0.2, -0.15) is 5.26 Å². The number of hydrogen-bond acceptors (Lipinski definition) is 4. The van der Waals surface area contributed by atoms with E-state index >= 15 is 0 Å². The van der Waals surface area contributed by atoms with Crippen LogP contribution in [-0.4, -0.2) is 36.0 Å². The van der Waals surface area contributed by atoms with Gasteiger partial charge in [-0.3, -0.25) is 9.69 Å². The van der Waals surface area contributed by atoms with Gasteiger partial charge in [-0.1, -0.05) is 6.42 Å². The summed E-state index contributed by atoms with van der Waals surface area (Å²) in [6.07, 6.45) is 7.79. The van der Waals surface area contributed by atoms with E-state index in [0.717, 1.165) is 61.1 Å². The molecule has 5 heteroatoms. The number of rotatable bonds is 4. The lowest BCUT2D eigenvalue weighted by atomic mass is 9.90. The molecule has 0 spiro atoms. The van der Waals surface area contributed by atoms with E-state index in [4.69, 9.17) is 10.00 Å². The fourth-order valence-electron chi connectivity index (χ4n) is 4.81. The molecule has 1 amide bonds. The van der Waals surface area contributed by atoms with Crippen LogP contribution in [0.15, 0.2) is 42.5 Å². The maximum absolute atomic E-state index is 12.7. The monoisotopic (exact) mass is 401 g/mol. The molecule has 2 heterocycles. The number of piperidine rings is 1. The lowest BCUT2D eigenvalue weighted by molar-refractivity contribution is -0.118. The highest BCUT2D eigenvalue weighted by atomic mass is 16.5. The average molecular weight is 402 g/mol. The molecule has 2 aliphatic heterocycles. The Morgan fingerprint density at radius 1 is 0.967 bits per heavy atom. The predicted molar refractivity (Wildman–Crippen MR) is 116 cm³/mol. The van der Waals surface area contributed by atoms with Crippen LogP contribution in [0.5, 0.6) is 5.75 Å². The van der Waals surface area contributed by atoms with Crippen molar-refractivity contribution in [2.75, 3.05) is 18.0 Å². The Morgan fingerprint density at radius 2 is 1.73 bits per heavy atom. The van der Waals surface area contributed by atoms with Crippen LogP contribution in [0.25, 0.3) is 0 Å². The second-order valence-electron chi connectivity index (χ2n) is 8.62. The standard InChI is InChI=1S/C25H27N3O2/c26-17-18-4-7-21(8-5-18)28-24-10-9-23(16-19(24)6-11-25(28)29)30-22-12-14-27(15-13-22)20-2-1-3-20/h4-5,7-10,16,20,22H,1-3,6,11-15H2. The summed E-state index contributed by atoms with van der Waals surface area (Å²) in [6.45, 7) is 2.28. The molecule has 5 rings (SSSR count). The summed E-state index contributed by atoms with van der Waals surface area (Å²) in [4.78, 5) is 17.1. The van der Waals surface area contributed by atoms with Crippen molar-refractivity contribution in [2.45, 2.75) is 57.1 Å². The van der Waals surface area contributed by atoms with Gasteiger partial charge in [0.25, 0.3) is 0 Å². The van der Waals surface area contributed by atoms with Gasteiger partial charge < -0.3 is 9.64 Å². The first-order valence-corrected chi connectivity index (χ1v) is 11.1. The second-order valence-corrected chi connectivity index (χ2v) is 8.62. The normalized spacial score (nSPS) is 20.4. The van der Waals surface area contributed by atoms with Gasteiger partial charge in [0.05, 0.1) is 17.3 Å².